The number of nitrogens with zero attached hydrogens (tertiary/aromatic N) is 2. The zero-order valence-corrected chi connectivity index (χ0v) is 9.14. The highest BCUT2D eigenvalue weighted by Crippen LogP contribution is 2.11. The minimum absolute atomic E-state index is 0.678. The van der Waals surface area contributed by atoms with E-state index in [0.717, 1.165) is 12.2 Å². The third-order valence-corrected chi connectivity index (χ3v) is 2.52. The number of hydrogen-bond donors (Lipinski definition) is 1. The molecule has 0 atom stereocenters. The summed E-state index contributed by atoms with van der Waals surface area (Å²) in [5, 5.41) is 12.1. The van der Waals surface area contributed by atoms with Crippen molar-refractivity contribution in [3.05, 3.63) is 53.9 Å². The van der Waals surface area contributed by atoms with Gasteiger partial charge in [0.25, 0.3) is 0 Å². The standard InChI is InChI=1S/C13H13N3/c1-16-7-3-6-13(16)10-15-12-5-2-4-11(8-12)9-14/h2-8,15H,10H2,1H3. The zero-order valence-electron chi connectivity index (χ0n) is 9.14. The van der Waals surface area contributed by atoms with E-state index >= 15 is 0 Å². The van der Waals surface area contributed by atoms with E-state index in [-0.39, 0.29) is 0 Å². The highest BCUT2D eigenvalue weighted by Gasteiger charge is 1.98. The lowest BCUT2D eigenvalue weighted by atomic mass is 10.2. The summed E-state index contributed by atoms with van der Waals surface area (Å²) in [7, 11) is 2.02. The average Bonchev–Trinajstić information content (AvgIpc) is 2.72. The lowest BCUT2D eigenvalue weighted by Crippen LogP contribution is -2.03. The molecule has 0 amide bonds. The molecular weight excluding hydrogens is 198 g/mol. The maximum atomic E-state index is 8.78. The molecule has 0 radical (unpaired) electrons. The van der Waals surface area contributed by atoms with Crippen molar-refractivity contribution in [3.63, 3.8) is 0 Å². The fourth-order valence-corrected chi connectivity index (χ4v) is 1.57. The van der Waals surface area contributed by atoms with E-state index < -0.39 is 0 Å². The van der Waals surface area contributed by atoms with Crippen LogP contribution in [-0.4, -0.2) is 4.57 Å². The van der Waals surface area contributed by atoms with Crippen LogP contribution < -0.4 is 5.32 Å². The van der Waals surface area contributed by atoms with Gasteiger partial charge in [-0.25, -0.2) is 0 Å². The number of aromatic nitrogens is 1. The lowest BCUT2D eigenvalue weighted by Gasteiger charge is -2.07. The van der Waals surface area contributed by atoms with Crippen molar-refractivity contribution in [2.45, 2.75) is 6.54 Å². The second kappa shape index (κ2) is 4.54. The maximum absolute atomic E-state index is 8.78. The van der Waals surface area contributed by atoms with Crippen molar-refractivity contribution in [3.8, 4) is 6.07 Å². The minimum Gasteiger partial charge on any atom is -0.379 e. The molecule has 1 aromatic heterocycles. The van der Waals surface area contributed by atoms with Crippen LogP contribution in [0.4, 0.5) is 5.69 Å². The van der Waals surface area contributed by atoms with Crippen LogP contribution in [0.3, 0.4) is 0 Å². The normalized spacial score (nSPS) is 9.75. The second-order valence-electron chi connectivity index (χ2n) is 3.66. The van der Waals surface area contributed by atoms with Gasteiger partial charge in [-0.3, -0.25) is 0 Å². The Labute approximate surface area is 94.9 Å². The summed E-state index contributed by atoms with van der Waals surface area (Å²) in [5.41, 5.74) is 2.86. The molecule has 80 valence electrons. The minimum atomic E-state index is 0.678. The number of nitrogens with one attached hydrogen (secondary N) is 1. The summed E-state index contributed by atoms with van der Waals surface area (Å²) < 4.78 is 2.07. The van der Waals surface area contributed by atoms with Gasteiger partial charge in [0.1, 0.15) is 0 Å². The van der Waals surface area contributed by atoms with Gasteiger partial charge < -0.3 is 9.88 Å². The van der Waals surface area contributed by atoms with E-state index in [2.05, 4.69) is 22.0 Å². The van der Waals surface area contributed by atoms with E-state index in [1.54, 1.807) is 6.07 Å². The topological polar surface area (TPSA) is 40.8 Å². The zero-order chi connectivity index (χ0) is 11.4. The Hall–Kier alpha value is -2.21. The van der Waals surface area contributed by atoms with Gasteiger partial charge in [0, 0.05) is 24.6 Å². The van der Waals surface area contributed by atoms with Crippen LogP contribution in [0, 0.1) is 11.3 Å². The highest BCUT2D eigenvalue weighted by molar-refractivity contribution is 5.49. The Morgan fingerprint density at radius 1 is 1.31 bits per heavy atom. The Morgan fingerprint density at radius 2 is 2.19 bits per heavy atom. The first-order valence-corrected chi connectivity index (χ1v) is 5.14. The van der Waals surface area contributed by atoms with Gasteiger partial charge in [-0.1, -0.05) is 6.07 Å². The first-order valence-electron chi connectivity index (χ1n) is 5.14. The molecule has 0 aliphatic heterocycles. The number of rotatable bonds is 3. The second-order valence-corrected chi connectivity index (χ2v) is 3.66. The van der Waals surface area contributed by atoms with E-state index in [4.69, 9.17) is 5.26 Å². The monoisotopic (exact) mass is 211 g/mol. The maximum Gasteiger partial charge on any atom is 0.0992 e. The fourth-order valence-electron chi connectivity index (χ4n) is 1.57. The summed E-state index contributed by atoms with van der Waals surface area (Å²) in [6.45, 7) is 0.762. The molecule has 0 spiro atoms. The van der Waals surface area contributed by atoms with Crippen LogP contribution >= 0.6 is 0 Å². The molecule has 0 saturated carbocycles. The lowest BCUT2D eigenvalue weighted by molar-refractivity contribution is 0.842. The quantitative estimate of drug-likeness (QED) is 0.847. The number of anilines is 1. The van der Waals surface area contributed by atoms with Crippen LogP contribution in [-0.2, 0) is 13.6 Å². The van der Waals surface area contributed by atoms with Crippen molar-refractivity contribution in [1.82, 2.24) is 4.57 Å². The first kappa shape index (κ1) is 10.3. The van der Waals surface area contributed by atoms with Crippen LogP contribution in [0.25, 0.3) is 0 Å². The number of benzene rings is 1. The van der Waals surface area contributed by atoms with Crippen molar-refractivity contribution < 1.29 is 0 Å². The van der Waals surface area contributed by atoms with Gasteiger partial charge in [-0.15, -0.1) is 0 Å². The molecule has 3 heteroatoms. The number of hydrogen-bond acceptors (Lipinski definition) is 2. The molecule has 2 aromatic rings. The predicted octanol–water partition coefficient (Wildman–Crippen LogP) is 2.51. The third kappa shape index (κ3) is 2.23. The van der Waals surface area contributed by atoms with Crippen molar-refractivity contribution in [2.24, 2.45) is 7.05 Å². The third-order valence-electron chi connectivity index (χ3n) is 2.52. The Bertz CT molecular complexity index is 520. The summed E-state index contributed by atoms with van der Waals surface area (Å²) in [6.07, 6.45) is 2.02. The fraction of sp³-hybridized carbons (Fsp3) is 0.154. The summed E-state index contributed by atoms with van der Waals surface area (Å²) in [6, 6.07) is 13.7. The molecule has 0 aliphatic rings. The molecule has 0 unspecified atom stereocenters. The molecular formula is C13H13N3. The molecule has 0 aliphatic carbocycles. The molecule has 0 bridgehead atoms. The van der Waals surface area contributed by atoms with Gasteiger partial charge in [0.05, 0.1) is 18.2 Å². The Balaban J connectivity index is 2.05. The molecule has 0 fully saturated rings. The van der Waals surface area contributed by atoms with Crippen molar-refractivity contribution in [2.75, 3.05) is 5.32 Å². The molecule has 1 N–H and O–H groups in total. The molecule has 1 aromatic carbocycles. The number of nitriles is 1. The summed E-state index contributed by atoms with van der Waals surface area (Å²) >= 11 is 0. The SMILES string of the molecule is Cn1cccc1CNc1cccc(C#N)c1. The van der Waals surface area contributed by atoms with Crippen molar-refractivity contribution >= 4 is 5.69 Å². The van der Waals surface area contributed by atoms with Crippen LogP contribution in [0.5, 0.6) is 0 Å². The van der Waals surface area contributed by atoms with Crippen LogP contribution in [0.15, 0.2) is 42.6 Å². The molecule has 3 nitrogen and oxygen atoms in total. The summed E-state index contributed by atoms with van der Waals surface area (Å²) in [5.74, 6) is 0. The van der Waals surface area contributed by atoms with Crippen LogP contribution in [0.2, 0.25) is 0 Å². The van der Waals surface area contributed by atoms with Crippen molar-refractivity contribution in [1.29, 1.82) is 5.26 Å². The van der Waals surface area contributed by atoms with E-state index in [1.807, 2.05) is 37.5 Å². The Kier molecular flexibility index (Phi) is 2.93. The first-order chi connectivity index (χ1) is 7.79. The van der Waals surface area contributed by atoms with Gasteiger partial charge in [-0.05, 0) is 30.3 Å². The van der Waals surface area contributed by atoms with E-state index in [1.165, 1.54) is 5.69 Å². The average molecular weight is 211 g/mol. The summed E-state index contributed by atoms with van der Waals surface area (Å²) in [4.78, 5) is 0. The number of aryl methyl sites for hydroxylation is 1. The van der Waals surface area contributed by atoms with E-state index in [9.17, 15) is 0 Å². The molecule has 16 heavy (non-hydrogen) atoms. The molecule has 2 rings (SSSR count). The predicted molar refractivity (Wildman–Crippen MR) is 63.9 cm³/mol. The smallest absolute Gasteiger partial charge is 0.0992 e. The van der Waals surface area contributed by atoms with Gasteiger partial charge in [-0.2, -0.15) is 5.26 Å². The highest BCUT2D eigenvalue weighted by atomic mass is 15.0. The Morgan fingerprint density at radius 3 is 2.88 bits per heavy atom. The van der Waals surface area contributed by atoms with Gasteiger partial charge >= 0.3 is 0 Å². The van der Waals surface area contributed by atoms with Gasteiger partial charge in [0.2, 0.25) is 0 Å². The molecule has 1 heterocycles. The van der Waals surface area contributed by atoms with E-state index in [0.29, 0.717) is 5.56 Å². The van der Waals surface area contributed by atoms with Gasteiger partial charge in [0.15, 0.2) is 0 Å². The van der Waals surface area contributed by atoms with Crippen LogP contribution in [0.1, 0.15) is 11.3 Å². The largest absolute Gasteiger partial charge is 0.379 e. The molecule has 0 saturated heterocycles.